The van der Waals surface area contributed by atoms with Crippen molar-refractivity contribution in [3.63, 3.8) is 0 Å². The van der Waals surface area contributed by atoms with Gasteiger partial charge < -0.3 is 15.6 Å². The number of nitrogens with zero attached hydrogens (tertiary/aromatic N) is 1. The van der Waals surface area contributed by atoms with Gasteiger partial charge in [0.05, 0.1) is 5.56 Å². The van der Waals surface area contributed by atoms with Crippen LogP contribution in [0.25, 0.3) is 0 Å². The monoisotopic (exact) mass is 209 g/mol. The Labute approximate surface area is 85.7 Å². The largest absolute Gasteiger partial charge is 0.368 e. The van der Waals surface area contributed by atoms with E-state index in [0.29, 0.717) is 5.56 Å². The molecular formula is C9H11N3O3. The quantitative estimate of drug-likeness (QED) is 0.647. The van der Waals surface area contributed by atoms with Crippen LogP contribution in [0, 0.1) is 0 Å². The molecule has 0 aliphatic heterocycles. The molecule has 6 heteroatoms. The van der Waals surface area contributed by atoms with Gasteiger partial charge >= 0.3 is 0 Å². The highest BCUT2D eigenvalue weighted by molar-refractivity contribution is 5.93. The normalized spacial score (nSPS) is 9.67. The Kier molecular flexibility index (Phi) is 3.22. The minimum atomic E-state index is -0.633. The Morgan fingerprint density at radius 2 is 2.13 bits per heavy atom. The summed E-state index contributed by atoms with van der Waals surface area (Å²) in [5, 5.41) is 2.41. The van der Waals surface area contributed by atoms with Crippen molar-refractivity contribution in [3.8, 4) is 0 Å². The van der Waals surface area contributed by atoms with Crippen molar-refractivity contribution >= 4 is 11.8 Å². The highest BCUT2D eigenvalue weighted by Gasteiger charge is 2.06. The number of primary amides is 1. The average molecular weight is 209 g/mol. The van der Waals surface area contributed by atoms with E-state index in [-0.39, 0.29) is 18.0 Å². The number of hydrogen-bond donors (Lipinski definition) is 2. The number of carbonyl (C=O) groups is 2. The van der Waals surface area contributed by atoms with Gasteiger partial charge in [0.15, 0.2) is 0 Å². The molecule has 0 saturated heterocycles. The van der Waals surface area contributed by atoms with Crippen molar-refractivity contribution in [1.29, 1.82) is 0 Å². The molecule has 0 aliphatic rings. The lowest BCUT2D eigenvalue weighted by atomic mass is 10.2. The molecule has 15 heavy (non-hydrogen) atoms. The van der Waals surface area contributed by atoms with E-state index in [1.807, 2.05) is 0 Å². The number of nitrogens with one attached hydrogen (secondary N) is 1. The van der Waals surface area contributed by atoms with Crippen molar-refractivity contribution in [2.75, 3.05) is 7.05 Å². The van der Waals surface area contributed by atoms with Gasteiger partial charge in [0.2, 0.25) is 5.91 Å². The van der Waals surface area contributed by atoms with Crippen LogP contribution in [0.1, 0.15) is 10.4 Å². The molecule has 3 N–H and O–H groups in total. The summed E-state index contributed by atoms with van der Waals surface area (Å²) in [6.45, 7) is -0.232. The molecule has 0 radical (unpaired) electrons. The third-order valence-electron chi connectivity index (χ3n) is 1.80. The van der Waals surface area contributed by atoms with Gasteiger partial charge in [-0.2, -0.15) is 0 Å². The lowest BCUT2D eigenvalue weighted by molar-refractivity contribution is -0.118. The zero-order valence-electron chi connectivity index (χ0n) is 8.19. The van der Waals surface area contributed by atoms with Crippen LogP contribution < -0.4 is 16.6 Å². The number of hydrogen-bond acceptors (Lipinski definition) is 3. The van der Waals surface area contributed by atoms with Gasteiger partial charge in [-0.15, -0.1) is 0 Å². The van der Waals surface area contributed by atoms with Crippen LogP contribution >= 0.6 is 0 Å². The first-order chi connectivity index (χ1) is 7.04. The Bertz CT molecular complexity index is 450. The lowest BCUT2D eigenvalue weighted by Crippen LogP contribution is -2.29. The molecule has 0 fully saturated rings. The highest BCUT2D eigenvalue weighted by Crippen LogP contribution is 1.95. The van der Waals surface area contributed by atoms with Crippen LogP contribution in [0.3, 0.4) is 0 Å². The van der Waals surface area contributed by atoms with Crippen LogP contribution in [-0.2, 0) is 11.3 Å². The molecular weight excluding hydrogens is 198 g/mol. The molecule has 2 amide bonds. The van der Waals surface area contributed by atoms with E-state index >= 15 is 0 Å². The molecule has 0 unspecified atom stereocenters. The molecule has 0 aliphatic carbocycles. The minimum absolute atomic E-state index is 0.232. The first kappa shape index (κ1) is 11.0. The summed E-state index contributed by atoms with van der Waals surface area (Å²) in [5.74, 6) is -0.959. The van der Waals surface area contributed by atoms with Crippen LogP contribution in [0.5, 0.6) is 0 Å². The zero-order valence-corrected chi connectivity index (χ0v) is 8.19. The molecule has 1 heterocycles. The molecule has 0 aromatic carbocycles. The second-order valence-corrected chi connectivity index (χ2v) is 2.93. The fourth-order valence-corrected chi connectivity index (χ4v) is 1.10. The van der Waals surface area contributed by atoms with Crippen LogP contribution in [0.2, 0.25) is 0 Å². The van der Waals surface area contributed by atoms with E-state index in [2.05, 4.69) is 5.32 Å². The maximum Gasteiger partial charge on any atom is 0.252 e. The topological polar surface area (TPSA) is 94.2 Å². The molecule has 0 saturated carbocycles. The maximum atomic E-state index is 11.2. The molecule has 0 bridgehead atoms. The number of aromatic nitrogens is 1. The summed E-state index contributed by atoms with van der Waals surface area (Å²) in [5.41, 5.74) is 4.88. The van der Waals surface area contributed by atoms with Gasteiger partial charge in [0, 0.05) is 19.3 Å². The summed E-state index contributed by atoms with van der Waals surface area (Å²) in [6.07, 6.45) is 1.30. The standard InChI is InChI=1S/C9H11N3O3/c1-11-9(15)6-2-3-8(14)12(4-6)5-7(10)13/h2-4H,5H2,1H3,(H2,10,13)(H,11,15). The SMILES string of the molecule is CNC(=O)c1ccc(=O)n(CC(N)=O)c1. The van der Waals surface area contributed by atoms with E-state index in [1.165, 1.54) is 25.4 Å². The summed E-state index contributed by atoms with van der Waals surface area (Å²) in [4.78, 5) is 33.1. The smallest absolute Gasteiger partial charge is 0.252 e. The average Bonchev–Trinajstić information content (AvgIpc) is 2.19. The number of rotatable bonds is 3. The van der Waals surface area contributed by atoms with Crippen molar-refractivity contribution in [2.24, 2.45) is 5.73 Å². The Morgan fingerprint density at radius 1 is 1.47 bits per heavy atom. The Balaban J connectivity index is 3.10. The van der Waals surface area contributed by atoms with Crippen LogP contribution in [-0.4, -0.2) is 23.4 Å². The van der Waals surface area contributed by atoms with Crippen molar-refractivity contribution < 1.29 is 9.59 Å². The van der Waals surface area contributed by atoms with Gasteiger partial charge in [-0.05, 0) is 6.07 Å². The molecule has 1 aromatic heterocycles. The fraction of sp³-hybridized carbons (Fsp3) is 0.222. The molecule has 0 atom stereocenters. The van der Waals surface area contributed by atoms with Crippen molar-refractivity contribution in [1.82, 2.24) is 9.88 Å². The highest BCUT2D eigenvalue weighted by atomic mass is 16.2. The van der Waals surface area contributed by atoms with Gasteiger partial charge in [-0.25, -0.2) is 0 Å². The fourth-order valence-electron chi connectivity index (χ4n) is 1.10. The zero-order chi connectivity index (χ0) is 11.4. The number of carbonyl (C=O) groups excluding carboxylic acids is 2. The third-order valence-corrected chi connectivity index (χ3v) is 1.80. The van der Waals surface area contributed by atoms with Gasteiger partial charge in [-0.1, -0.05) is 0 Å². The van der Waals surface area contributed by atoms with Gasteiger partial charge in [-0.3, -0.25) is 14.4 Å². The van der Waals surface area contributed by atoms with E-state index in [4.69, 9.17) is 5.73 Å². The minimum Gasteiger partial charge on any atom is -0.368 e. The van der Waals surface area contributed by atoms with Crippen molar-refractivity contribution in [3.05, 3.63) is 34.2 Å². The number of nitrogens with two attached hydrogens (primary N) is 1. The van der Waals surface area contributed by atoms with Gasteiger partial charge in [0.25, 0.3) is 11.5 Å². The van der Waals surface area contributed by atoms with Crippen LogP contribution in [0.15, 0.2) is 23.1 Å². The molecule has 0 spiro atoms. The number of amides is 2. The Hall–Kier alpha value is -2.11. The second-order valence-electron chi connectivity index (χ2n) is 2.93. The van der Waals surface area contributed by atoms with Crippen molar-refractivity contribution in [2.45, 2.75) is 6.54 Å². The predicted octanol–water partition coefficient (Wildman–Crippen LogP) is -1.31. The summed E-state index contributed by atoms with van der Waals surface area (Å²) in [7, 11) is 1.48. The summed E-state index contributed by atoms with van der Waals surface area (Å²) >= 11 is 0. The molecule has 1 rings (SSSR count). The van der Waals surface area contributed by atoms with E-state index in [1.54, 1.807) is 0 Å². The lowest BCUT2D eigenvalue weighted by Gasteiger charge is -2.04. The first-order valence-electron chi connectivity index (χ1n) is 4.25. The predicted molar refractivity (Wildman–Crippen MR) is 53.3 cm³/mol. The van der Waals surface area contributed by atoms with E-state index in [0.717, 1.165) is 4.57 Å². The summed E-state index contributed by atoms with van der Waals surface area (Å²) < 4.78 is 1.09. The van der Waals surface area contributed by atoms with Gasteiger partial charge in [0.1, 0.15) is 6.54 Å². The molecule has 1 aromatic rings. The second kappa shape index (κ2) is 4.41. The van der Waals surface area contributed by atoms with E-state index in [9.17, 15) is 14.4 Å². The summed E-state index contributed by atoms with van der Waals surface area (Å²) in [6, 6.07) is 2.60. The third kappa shape index (κ3) is 2.67. The maximum absolute atomic E-state index is 11.2. The molecule has 6 nitrogen and oxygen atoms in total. The molecule has 80 valence electrons. The first-order valence-corrected chi connectivity index (χ1v) is 4.25. The number of pyridine rings is 1. The van der Waals surface area contributed by atoms with Crippen LogP contribution in [0.4, 0.5) is 0 Å². The van der Waals surface area contributed by atoms with E-state index < -0.39 is 5.91 Å². The Morgan fingerprint density at radius 3 is 2.67 bits per heavy atom.